The number of amides is 1. The highest BCUT2D eigenvalue weighted by molar-refractivity contribution is 7.88. The summed E-state index contributed by atoms with van der Waals surface area (Å²) in [5.41, 5.74) is -0.222. The van der Waals surface area contributed by atoms with E-state index in [4.69, 9.17) is 4.74 Å². The van der Waals surface area contributed by atoms with E-state index < -0.39 is 45.6 Å². The second-order valence-electron chi connectivity index (χ2n) is 6.13. The highest BCUT2D eigenvalue weighted by Crippen LogP contribution is 2.21. The van der Waals surface area contributed by atoms with Crippen molar-refractivity contribution in [2.75, 3.05) is 24.7 Å². The number of nitrogens with zero attached hydrogens (tertiary/aromatic N) is 1. The second kappa shape index (κ2) is 8.09. The summed E-state index contributed by atoms with van der Waals surface area (Å²) in [6.07, 6.45) is 0.520. The minimum atomic E-state index is -3.30. The second-order valence-corrected chi connectivity index (χ2v) is 8.11. The maximum atomic E-state index is 13.5. The molecule has 1 atom stereocenters. The smallest absolute Gasteiger partial charge is 0.309 e. The standard InChI is InChI=1S/C16H20F2N2O5S/c1-10(15(21)19-14-4-3-12(17)9-13(14)18)25-16(22)11-5-7-20(8-6-11)26(2,23)24/h3-4,9-11H,5-8H2,1-2H3,(H,19,21). The lowest BCUT2D eigenvalue weighted by Crippen LogP contribution is -2.41. The molecule has 0 aliphatic carbocycles. The fourth-order valence-corrected chi connectivity index (χ4v) is 3.45. The van der Waals surface area contributed by atoms with E-state index in [0.29, 0.717) is 18.9 Å². The van der Waals surface area contributed by atoms with Crippen molar-refractivity contribution in [2.45, 2.75) is 25.9 Å². The Kier molecular flexibility index (Phi) is 6.30. The molecule has 1 aromatic carbocycles. The van der Waals surface area contributed by atoms with E-state index in [0.717, 1.165) is 18.4 Å². The SMILES string of the molecule is CC(OC(=O)C1CCN(S(C)(=O)=O)CC1)C(=O)Nc1ccc(F)cc1F. The molecule has 7 nitrogen and oxygen atoms in total. The number of hydrogen-bond acceptors (Lipinski definition) is 5. The Morgan fingerprint density at radius 1 is 1.27 bits per heavy atom. The quantitative estimate of drug-likeness (QED) is 0.770. The van der Waals surface area contributed by atoms with Gasteiger partial charge < -0.3 is 10.1 Å². The molecule has 1 fully saturated rings. The number of rotatable bonds is 5. The number of carbonyl (C=O) groups is 2. The van der Waals surface area contributed by atoms with Gasteiger partial charge in [-0.25, -0.2) is 21.5 Å². The molecule has 1 unspecified atom stereocenters. The van der Waals surface area contributed by atoms with E-state index in [1.54, 1.807) is 0 Å². The fraction of sp³-hybridized carbons (Fsp3) is 0.500. The van der Waals surface area contributed by atoms with Crippen LogP contribution in [0.1, 0.15) is 19.8 Å². The molecule has 1 N–H and O–H groups in total. The van der Waals surface area contributed by atoms with E-state index in [1.165, 1.54) is 11.2 Å². The normalized spacial score (nSPS) is 17.5. The van der Waals surface area contributed by atoms with E-state index in [2.05, 4.69) is 5.32 Å². The summed E-state index contributed by atoms with van der Waals surface area (Å²) in [6, 6.07) is 2.69. The van der Waals surface area contributed by atoms with Crippen molar-refractivity contribution in [3.63, 3.8) is 0 Å². The van der Waals surface area contributed by atoms with Crippen LogP contribution in [-0.4, -0.2) is 50.0 Å². The predicted molar refractivity (Wildman–Crippen MR) is 89.7 cm³/mol. The van der Waals surface area contributed by atoms with Crippen LogP contribution >= 0.6 is 0 Å². The first-order valence-electron chi connectivity index (χ1n) is 7.99. The molecule has 1 aliphatic rings. The van der Waals surface area contributed by atoms with Crippen molar-refractivity contribution in [2.24, 2.45) is 5.92 Å². The Labute approximate surface area is 150 Å². The molecular weight excluding hydrogens is 370 g/mol. The Morgan fingerprint density at radius 3 is 2.42 bits per heavy atom. The van der Waals surface area contributed by atoms with Crippen LogP contribution in [0.3, 0.4) is 0 Å². The Bertz CT molecular complexity index is 792. The number of piperidine rings is 1. The number of ether oxygens (including phenoxy) is 1. The third-order valence-electron chi connectivity index (χ3n) is 4.11. The number of anilines is 1. The molecule has 0 radical (unpaired) electrons. The lowest BCUT2D eigenvalue weighted by Gasteiger charge is -2.29. The largest absolute Gasteiger partial charge is 0.452 e. The fourth-order valence-electron chi connectivity index (χ4n) is 2.57. The minimum Gasteiger partial charge on any atom is -0.452 e. The number of benzene rings is 1. The van der Waals surface area contributed by atoms with Gasteiger partial charge in [0.25, 0.3) is 5.91 Å². The highest BCUT2D eigenvalue weighted by atomic mass is 32.2. The highest BCUT2D eigenvalue weighted by Gasteiger charge is 2.31. The molecule has 26 heavy (non-hydrogen) atoms. The van der Waals surface area contributed by atoms with Gasteiger partial charge in [0.2, 0.25) is 10.0 Å². The number of hydrogen-bond donors (Lipinski definition) is 1. The van der Waals surface area contributed by atoms with Gasteiger partial charge in [-0.3, -0.25) is 9.59 Å². The maximum absolute atomic E-state index is 13.5. The molecule has 1 amide bonds. The molecule has 0 spiro atoms. The Morgan fingerprint density at radius 2 is 1.88 bits per heavy atom. The minimum absolute atomic E-state index is 0.208. The molecule has 0 saturated carbocycles. The van der Waals surface area contributed by atoms with Crippen molar-refractivity contribution >= 4 is 27.6 Å². The number of carbonyl (C=O) groups excluding carboxylic acids is 2. The molecule has 1 aromatic rings. The van der Waals surface area contributed by atoms with Crippen LogP contribution in [0.15, 0.2) is 18.2 Å². The number of halogens is 2. The van der Waals surface area contributed by atoms with Crippen LogP contribution < -0.4 is 5.32 Å². The van der Waals surface area contributed by atoms with Gasteiger partial charge in [0.05, 0.1) is 17.9 Å². The molecular formula is C16H20F2N2O5S. The van der Waals surface area contributed by atoms with Gasteiger partial charge in [-0.05, 0) is 31.9 Å². The summed E-state index contributed by atoms with van der Waals surface area (Å²) in [6.45, 7) is 1.75. The van der Waals surface area contributed by atoms with Gasteiger partial charge in [0, 0.05) is 19.2 Å². The lowest BCUT2D eigenvalue weighted by atomic mass is 9.98. The van der Waals surface area contributed by atoms with E-state index in [-0.39, 0.29) is 18.8 Å². The molecule has 1 aliphatic heterocycles. The Hall–Kier alpha value is -2.07. The lowest BCUT2D eigenvalue weighted by molar-refractivity contribution is -0.158. The molecule has 0 bridgehead atoms. The van der Waals surface area contributed by atoms with Gasteiger partial charge >= 0.3 is 5.97 Å². The van der Waals surface area contributed by atoms with Crippen molar-refractivity contribution in [1.82, 2.24) is 4.31 Å². The molecule has 144 valence electrons. The Balaban J connectivity index is 1.87. The zero-order chi connectivity index (χ0) is 19.5. The van der Waals surface area contributed by atoms with Crippen LogP contribution in [0.2, 0.25) is 0 Å². The molecule has 1 saturated heterocycles. The molecule has 1 heterocycles. The molecule has 10 heteroatoms. The number of esters is 1. The third kappa shape index (κ3) is 5.21. The topological polar surface area (TPSA) is 92.8 Å². The maximum Gasteiger partial charge on any atom is 0.309 e. The summed E-state index contributed by atoms with van der Waals surface area (Å²) < 4.78 is 55.7. The summed E-state index contributed by atoms with van der Waals surface area (Å²) in [5, 5.41) is 2.23. The molecule has 0 aromatic heterocycles. The van der Waals surface area contributed by atoms with Gasteiger partial charge in [0.15, 0.2) is 6.10 Å². The summed E-state index contributed by atoms with van der Waals surface area (Å²) >= 11 is 0. The zero-order valence-electron chi connectivity index (χ0n) is 14.4. The summed E-state index contributed by atoms with van der Waals surface area (Å²) in [7, 11) is -3.30. The van der Waals surface area contributed by atoms with E-state index >= 15 is 0 Å². The third-order valence-corrected chi connectivity index (χ3v) is 5.41. The van der Waals surface area contributed by atoms with E-state index in [1.807, 2.05) is 0 Å². The van der Waals surface area contributed by atoms with Crippen molar-refractivity contribution in [1.29, 1.82) is 0 Å². The van der Waals surface area contributed by atoms with Crippen LogP contribution in [0.4, 0.5) is 14.5 Å². The van der Waals surface area contributed by atoms with Gasteiger partial charge in [-0.1, -0.05) is 0 Å². The number of sulfonamides is 1. The van der Waals surface area contributed by atoms with Crippen LogP contribution in [0, 0.1) is 17.6 Å². The molecule has 2 rings (SSSR count). The monoisotopic (exact) mass is 390 g/mol. The van der Waals surface area contributed by atoms with Crippen LogP contribution in [-0.2, 0) is 24.3 Å². The first-order valence-corrected chi connectivity index (χ1v) is 9.84. The first-order chi connectivity index (χ1) is 12.1. The van der Waals surface area contributed by atoms with Crippen molar-refractivity contribution in [3.05, 3.63) is 29.8 Å². The summed E-state index contributed by atoms with van der Waals surface area (Å²) in [4.78, 5) is 24.2. The predicted octanol–water partition coefficient (Wildman–Crippen LogP) is 1.51. The van der Waals surface area contributed by atoms with Gasteiger partial charge in [-0.2, -0.15) is 0 Å². The number of nitrogens with one attached hydrogen (secondary N) is 1. The van der Waals surface area contributed by atoms with Crippen molar-refractivity contribution in [3.8, 4) is 0 Å². The van der Waals surface area contributed by atoms with Crippen LogP contribution in [0.5, 0.6) is 0 Å². The van der Waals surface area contributed by atoms with Gasteiger partial charge in [0.1, 0.15) is 11.6 Å². The van der Waals surface area contributed by atoms with Gasteiger partial charge in [-0.15, -0.1) is 0 Å². The summed E-state index contributed by atoms with van der Waals surface area (Å²) in [5.74, 6) is -3.59. The van der Waals surface area contributed by atoms with Crippen LogP contribution in [0.25, 0.3) is 0 Å². The average Bonchev–Trinajstić information content (AvgIpc) is 2.56. The van der Waals surface area contributed by atoms with E-state index in [9.17, 15) is 26.8 Å². The average molecular weight is 390 g/mol. The van der Waals surface area contributed by atoms with Crippen molar-refractivity contribution < 1.29 is 31.5 Å². The zero-order valence-corrected chi connectivity index (χ0v) is 15.2. The first kappa shape index (κ1) is 20.2.